The van der Waals surface area contributed by atoms with Crippen LogP contribution in [0.1, 0.15) is 22.8 Å². The van der Waals surface area contributed by atoms with Crippen molar-refractivity contribution in [2.75, 3.05) is 11.9 Å². The van der Waals surface area contributed by atoms with Crippen molar-refractivity contribution in [3.63, 3.8) is 0 Å². The molecule has 1 atom stereocenters. The Morgan fingerprint density at radius 2 is 2.21 bits per heavy atom. The van der Waals surface area contributed by atoms with Crippen molar-refractivity contribution in [1.82, 2.24) is 5.32 Å². The van der Waals surface area contributed by atoms with E-state index in [1.165, 1.54) is 0 Å². The lowest BCUT2D eigenvalue weighted by atomic mass is 10.1. The molecule has 2 rings (SSSR count). The van der Waals surface area contributed by atoms with Crippen LogP contribution in [0, 0.1) is 6.92 Å². The molecule has 0 fully saturated rings. The maximum absolute atomic E-state index is 11.8. The van der Waals surface area contributed by atoms with Gasteiger partial charge in [-0.3, -0.25) is 4.79 Å². The molecule has 1 unspecified atom stereocenters. The summed E-state index contributed by atoms with van der Waals surface area (Å²) in [6, 6.07) is 6.04. The van der Waals surface area contributed by atoms with Crippen LogP contribution in [0.4, 0.5) is 5.69 Å². The van der Waals surface area contributed by atoms with Gasteiger partial charge in [0.15, 0.2) is 0 Å². The second-order valence-electron chi connectivity index (χ2n) is 3.75. The fraction of sp³-hybridized carbons (Fsp3) is 0.364. The standard InChI is InChI=1S/C11H14N2O/c1-7-4-3-5-9-10(7)11(14)13-8(2)6-12-9/h3-5,8,12H,6H2,1-2H3,(H,13,14). The Balaban J connectivity index is 2.49. The quantitative estimate of drug-likeness (QED) is 0.651. The first kappa shape index (κ1) is 9.06. The number of fused-ring (bicyclic) bond motifs is 1. The monoisotopic (exact) mass is 190 g/mol. The zero-order valence-corrected chi connectivity index (χ0v) is 8.42. The molecule has 2 N–H and O–H groups in total. The number of amides is 1. The number of hydrogen-bond donors (Lipinski definition) is 2. The Bertz CT molecular complexity index is 374. The summed E-state index contributed by atoms with van der Waals surface area (Å²) >= 11 is 0. The number of rotatable bonds is 0. The first-order valence-corrected chi connectivity index (χ1v) is 4.83. The van der Waals surface area contributed by atoms with E-state index in [0.29, 0.717) is 0 Å². The van der Waals surface area contributed by atoms with Gasteiger partial charge in [-0.05, 0) is 25.5 Å². The van der Waals surface area contributed by atoms with Gasteiger partial charge in [0.25, 0.3) is 5.91 Å². The lowest BCUT2D eigenvalue weighted by Gasteiger charge is -2.08. The Hall–Kier alpha value is -1.51. The van der Waals surface area contributed by atoms with E-state index < -0.39 is 0 Å². The molecule has 74 valence electrons. The summed E-state index contributed by atoms with van der Waals surface area (Å²) < 4.78 is 0. The fourth-order valence-corrected chi connectivity index (χ4v) is 1.73. The van der Waals surface area contributed by atoms with Crippen LogP contribution in [0.5, 0.6) is 0 Å². The van der Waals surface area contributed by atoms with Gasteiger partial charge < -0.3 is 10.6 Å². The molecular weight excluding hydrogens is 176 g/mol. The van der Waals surface area contributed by atoms with Gasteiger partial charge in [0.1, 0.15) is 0 Å². The van der Waals surface area contributed by atoms with Crippen LogP contribution < -0.4 is 10.6 Å². The van der Waals surface area contributed by atoms with E-state index in [1.807, 2.05) is 32.0 Å². The maximum atomic E-state index is 11.8. The highest BCUT2D eigenvalue weighted by Gasteiger charge is 2.19. The average molecular weight is 190 g/mol. The third kappa shape index (κ3) is 1.45. The molecule has 14 heavy (non-hydrogen) atoms. The minimum absolute atomic E-state index is 0.0237. The van der Waals surface area contributed by atoms with Crippen molar-refractivity contribution in [1.29, 1.82) is 0 Å². The van der Waals surface area contributed by atoms with Crippen LogP contribution in [0.15, 0.2) is 18.2 Å². The van der Waals surface area contributed by atoms with Gasteiger partial charge in [-0.25, -0.2) is 0 Å². The van der Waals surface area contributed by atoms with Gasteiger partial charge in [0.05, 0.1) is 5.56 Å². The molecule has 1 aromatic carbocycles. The SMILES string of the molecule is Cc1cccc2c1C(=O)NC(C)CN2. The smallest absolute Gasteiger partial charge is 0.253 e. The second kappa shape index (κ2) is 3.33. The molecule has 1 aliphatic heterocycles. The molecule has 0 radical (unpaired) electrons. The third-order valence-electron chi connectivity index (χ3n) is 2.48. The van der Waals surface area contributed by atoms with Crippen molar-refractivity contribution < 1.29 is 4.79 Å². The highest BCUT2D eigenvalue weighted by molar-refractivity contribution is 6.01. The van der Waals surface area contributed by atoms with Gasteiger partial charge in [0.2, 0.25) is 0 Å². The molecular formula is C11H14N2O. The lowest BCUT2D eigenvalue weighted by molar-refractivity contribution is 0.0945. The number of hydrogen-bond acceptors (Lipinski definition) is 2. The van der Waals surface area contributed by atoms with E-state index in [0.717, 1.165) is 23.4 Å². The molecule has 0 spiro atoms. The van der Waals surface area contributed by atoms with Crippen molar-refractivity contribution >= 4 is 11.6 Å². The Morgan fingerprint density at radius 3 is 3.00 bits per heavy atom. The predicted molar refractivity (Wildman–Crippen MR) is 56.6 cm³/mol. The summed E-state index contributed by atoms with van der Waals surface area (Å²) in [7, 11) is 0. The summed E-state index contributed by atoms with van der Waals surface area (Å²) in [5.41, 5.74) is 2.73. The molecule has 1 aromatic rings. The van der Waals surface area contributed by atoms with Crippen molar-refractivity contribution in [2.45, 2.75) is 19.9 Å². The number of benzene rings is 1. The van der Waals surface area contributed by atoms with Crippen molar-refractivity contribution in [3.8, 4) is 0 Å². The van der Waals surface area contributed by atoms with E-state index in [1.54, 1.807) is 0 Å². The maximum Gasteiger partial charge on any atom is 0.253 e. The van der Waals surface area contributed by atoms with E-state index in [-0.39, 0.29) is 11.9 Å². The molecule has 0 aliphatic carbocycles. The van der Waals surface area contributed by atoms with Crippen LogP contribution in [0.3, 0.4) is 0 Å². The van der Waals surface area contributed by atoms with E-state index in [4.69, 9.17) is 0 Å². The molecule has 0 bridgehead atoms. The van der Waals surface area contributed by atoms with Crippen molar-refractivity contribution in [2.24, 2.45) is 0 Å². The minimum Gasteiger partial charge on any atom is -0.382 e. The first-order chi connectivity index (χ1) is 6.68. The number of carbonyl (C=O) groups is 1. The normalized spacial score (nSPS) is 20.4. The third-order valence-corrected chi connectivity index (χ3v) is 2.48. The van der Waals surface area contributed by atoms with E-state index in [9.17, 15) is 4.79 Å². The summed E-state index contributed by atoms with van der Waals surface area (Å²) in [6.45, 7) is 4.73. The van der Waals surface area contributed by atoms with Crippen LogP contribution in [0.25, 0.3) is 0 Å². The molecule has 1 aliphatic rings. The zero-order valence-electron chi connectivity index (χ0n) is 8.42. The van der Waals surface area contributed by atoms with Gasteiger partial charge >= 0.3 is 0 Å². The molecule has 0 saturated heterocycles. The van der Waals surface area contributed by atoms with Crippen molar-refractivity contribution in [3.05, 3.63) is 29.3 Å². The molecule has 3 nitrogen and oxygen atoms in total. The number of aryl methyl sites for hydroxylation is 1. The van der Waals surface area contributed by atoms with Crippen LogP contribution in [-0.2, 0) is 0 Å². The molecule has 1 heterocycles. The van der Waals surface area contributed by atoms with Crippen LogP contribution in [0.2, 0.25) is 0 Å². The number of anilines is 1. The summed E-state index contributed by atoms with van der Waals surface area (Å²) in [5.74, 6) is 0.0237. The molecule has 3 heteroatoms. The number of carbonyl (C=O) groups excluding carboxylic acids is 1. The molecule has 0 aromatic heterocycles. The fourth-order valence-electron chi connectivity index (χ4n) is 1.73. The topological polar surface area (TPSA) is 41.1 Å². The highest BCUT2D eigenvalue weighted by Crippen LogP contribution is 2.21. The Morgan fingerprint density at radius 1 is 1.43 bits per heavy atom. The minimum atomic E-state index is 0.0237. The summed E-state index contributed by atoms with van der Waals surface area (Å²) in [4.78, 5) is 11.8. The van der Waals surface area contributed by atoms with Gasteiger partial charge in [-0.15, -0.1) is 0 Å². The van der Waals surface area contributed by atoms with Gasteiger partial charge in [0, 0.05) is 18.3 Å². The largest absolute Gasteiger partial charge is 0.382 e. The second-order valence-corrected chi connectivity index (χ2v) is 3.75. The van der Waals surface area contributed by atoms with Gasteiger partial charge in [-0.1, -0.05) is 12.1 Å². The summed E-state index contributed by atoms with van der Waals surface area (Å²) in [6.07, 6.45) is 0. The average Bonchev–Trinajstić information content (AvgIpc) is 2.27. The van der Waals surface area contributed by atoms with Crippen LogP contribution >= 0.6 is 0 Å². The van der Waals surface area contributed by atoms with E-state index >= 15 is 0 Å². The molecule has 1 amide bonds. The molecule has 0 saturated carbocycles. The Labute approximate surface area is 83.5 Å². The summed E-state index contributed by atoms with van der Waals surface area (Å²) in [5, 5.41) is 6.20. The first-order valence-electron chi connectivity index (χ1n) is 4.83. The number of nitrogens with one attached hydrogen (secondary N) is 2. The zero-order chi connectivity index (χ0) is 10.1. The van der Waals surface area contributed by atoms with E-state index in [2.05, 4.69) is 10.6 Å². The highest BCUT2D eigenvalue weighted by atomic mass is 16.1. The van der Waals surface area contributed by atoms with Crippen LogP contribution in [-0.4, -0.2) is 18.5 Å². The predicted octanol–water partition coefficient (Wildman–Crippen LogP) is 1.54. The van der Waals surface area contributed by atoms with Gasteiger partial charge in [-0.2, -0.15) is 0 Å². The lowest BCUT2D eigenvalue weighted by Crippen LogP contribution is -2.34. The Kier molecular flexibility index (Phi) is 2.15.